The Morgan fingerprint density at radius 1 is 1.31 bits per heavy atom. The van der Waals surface area contributed by atoms with Crippen LogP contribution in [0.2, 0.25) is 0 Å². The molecule has 0 spiro atoms. The molecule has 1 fully saturated rings. The van der Waals surface area contributed by atoms with Crippen LogP contribution in [0.5, 0.6) is 0 Å². The maximum absolute atomic E-state index is 11.5. The summed E-state index contributed by atoms with van der Waals surface area (Å²) < 4.78 is 0. The maximum atomic E-state index is 11.5. The number of amides is 2. The van der Waals surface area contributed by atoms with E-state index in [1.807, 2.05) is 0 Å². The van der Waals surface area contributed by atoms with Crippen LogP contribution in [-0.4, -0.2) is 28.7 Å². The summed E-state index contributed by atoms with van der Waals surface area (Å²) in [5.41, 5.74) is -1.23. The van der Waals surface area contributed by atoms with Crippen LogP contribution in [0.4, 0.5) is 4.79 Å². The van der Waals surface area contributed by atoms with Crippen LogP contribution in [0.1, 0.15) is 40.0 Å². The Balaban J connectivity index is 2.39. The third-order valence-corrected chi connectivity index (χ3v) is 2.99. The highest BCUT2D eigenvalue weighted by atomic mass is 16.4. The third-order valence-electron chi connectivity index (χ3n) is 2.99. The molecule has 0 radical (unpaired) electrons. The molecular weight excluding hydrogens is 208 g/mol. The van der Waals surface area contributed by atoms with Gasteiger partial charge in [0.2, 0.25) is 0 Å². The van der Waals surface area contributed by atoms with Gasteiger partial charge in [0.05, 0.1) is 0 Å². The fourth-order valence-electron chi connectivity index (χ4n) is 1.90. The molecular formula is C11H20N2O3. The number of carbonyl (C=O) groups excluding carboxylic acids is 1. The summed E-state index contributed by atoms with van der Waals surface area (Å²) in [6.07, 6.45) is 3.07. The molecule has 1 saturated carbocycles. The van der Waals surface area contributed by atoms with Crippen molar-refractivity contribution >= 4 is 12.0 Å². The van der Waals surface area contributed by atoms with Crippen molar-refractivity contribution in [3.63, 3.8) is 0 Å². The molecule has 3 N–H and O–H groups in total. The summed E-state index contributed by atoms with van der Waals surface area (Å²) in [6, 6.07) is -0.217. The van der Waals surface area contributed by atoms with Gasteiger partial charge in [-0.3, -0.25) is 0 Å². The number of hydrogen-bond acceptors (Lipinski definition) is 2. The number of urea groups is 1. The fourth-order valence-corrected chi connectivity index (χ4v) is 1.90. The van der Waals surface area contributed by atoms with Gasteiger partial charge in [-0.15, -0.1) is 0 Å². The average Bonchev–Trinajstić information content (AvgIpc) is 2.49. The summed E-state index contributed by atoms with van der Waals surface area (Å²) >= 11 is 0. The first-order chi connectivity index (χ1) is 7.31. The second kappa shape index (κ2) is 4.72. The minimum Gasteiger partial charge on any atom is -0.480 e. The molecule has 92 valence electrons. The Morgan fingerprint density at radius 2 is 1.94 bits per heavy atom. The Morgan fingerprint density at radius 3 is 2.38 bits per heavy atom. The van der Waals surface area contributed by atoms with Crippen molar-refractivity contribution in [3.05, 3.63) is 0 Å². The normalized spacial score (nSPS) is 25.2. The van der Waals surface area contributed by atoms with E-state index < -0.39 is 17.5 Å². The largest absolute Gasteiger partial charge is 0.480 e. The van der Waals surface area contributed by atoms with Gasteiger partial charge in [0.25, 0.3) is 0 Å². The highest BCUT2D eigenvalue weighted by Gasteiger charge is 2.30. The van der Waals surface area contributed by atoms with Crippen LogP contribution in [-0.2, 0) is 4.79 Å². The van der Waals surface area contributed by atoms with Gasteiger partial charge in [-0.2, -0.15) is 0 Å². The molecule has 0 aliphatic heterocycles. The second-order valence-corrected chi connectivity index (χ2v) is 5.14. The maximum Gasteiger partial charge on any atom is 0.328 e. The number of aliphatic carboxylic acids is 1. The highest BCUT2D eigenvalue weighted by Crippen LogP contribution is 2.24. The molecule has 0 aromatic rings. The van der Waals surface area contributed by atoms with Crippen molar-refractivity contribution in [2.24, 2.45) is 5.92 Å². The van der Waals surface area contributed by atoms with E-state index in [9.17, 15) is 9.59 Å². The van der Waals surface area contributed by atoms with E-state index in [1.54, 1.807) is 0 Å². The minimum absolute atomic E-state index is 0.180. The van der Waals surface area contributed by atoms with Crippen molar-refractivity contribution in [3.8, 4) is 0 Å². The lowest BCUT2D eigenvalue weighted by Gasteiger charge is -2.22. The monoisotopic (exact) mass is 228 g/mol. The summed E-state index contributed by atoms with van der Waals surface area (Å²) in [7, 11) is 0. The van der Waals surface area contributed by atoms with E-state index in [1.165, 1.54) is 13.8 Å². The van der Waals surface area contributed by atoms with Gasteiger partial charge in [0.15, 0.2) is 0 Å². The van der Waals surface area contributed by atoms with Gasteiger partial charge in [0, 0.05) is 6.04 Å². The van der Waals surface area contributed by atoms with E-state index in [0.29, 0.717) is 5.92 Å². The summed E-state index contributed by atoms with van der Waals surface area (Å²) in [5.74, 6) is -0.403. The number of carbonyl (C=O) groups is 2. The van der Waals surface area contributed by atoms with Crippen molar-refractivity contribution in [2.75, 3.05) is 0 Å². The van der Waals surface area contributed by atoms with Gasteiger partial charge < -0.3 is 15.7 Å². The van der Waals surface area contributed by atoms with Crippen LogP contribution in [0, 0.1) is 5.92 Å². The van der Waals surface area contributed by atoms with Gasteiger partial charge >= 0.3 is 12.0 Å². The Bertz CT molecular complexity index is 289. The van der Waals surface area contributed by atoms with Crippen LogP contribution in [0.25, 0.3) is 0 Å². The van der Waals surface area contributed by atoms with Crippen molar-refractivity contribution in [2.45, 2.75) is 51.6 Å². The molecule has 2 atom stereocenters. The zero-order valence-corrected chi connectivity index (χ0v) is 10.0. The lowest BCUT2D eigenvalue weighted by Crippen LogP contribution is -2.54. The van der Waals surface area contributed by atoms with E-state index in [4.69, 9.17) is 5.11 Å². The first-order valence-corrected chi connectivity index (χ1v) is 5.63. The lowest BCUT2D eigenvalue weighted by atomic mass is 10.1. The standard InChI is InChI=1S/C11H20N2O3/c1-7-4-5-8(6-7)12-10(16)13-11(2,3)9(14)15/h7-8H,4-6H2,1-3H3,(H,14,15)(H2,12,13,16). The smallest absolute Gasteiger partial charge is 0.328 e. The molecule has 2 amide bonds. The molecule has 5 nitrogen and oxygen atoms in total. The Labute approximate surface area is 95.6 Å². The SMILES string of the molecule is CC1CCC(NC(=O)NC(C)(C)C(=O)O)C1. The van der Waals surface area contributed by atoms with E-state index in [2.05, 4.69) is 17.6 Å². The van der Waals surface area contributed by atoms with Gasteiger partial charge in [-0.25, -0.2) is 9.59 Å². The summed E-state index contributed by atoms with van der Waals surface area (Å²) in [6.45, 7) is 5.08. The van der Waals surface area contributed by atoms with Crippen LogP contribution in [0.3, 0.4) is 0 Å². The molecule has 0 aromatic heterocycles. The predicted octanol–water partition coefficient (Wildman–Crippen LogP) is 1.34. The lowest BCUT2D eigenvalue weighted by molar-refractivity contribution is -0.142. The van der Waals surface area contributed by atoms with E-state index >= 15 is 0 Å². The first-order valence-electron chi connectivity index (χ1n) is 5.63. The third kappa shape index (κ3) is 3.40. The molecule has 16 heavy (non-hydrogen) atoms. The molecule has 0 aromatic carbocycles. The van der Waals surface area contributed by atoms with Crippen molar-refractivity contribution < 1.29 is 14.7 Å². The number of carboxylic acid groups (broad SMARTS) is 1. The second-order valence-electron chi connectivity index (χ2n) is 5.14. The summed E-state index contributed by atoms with van der Waals surface area (Å²) in [5, 5.41) is 14.1. The fraction of sp³-hybridized carbons (Fsp3) is 0.818. The van der Waals surface area contributed by atoms with Gasteiger partial charge in [0.1, 0.15) is 5.54 Å². The molecule has 0 bridgehead atoms. The molecule has 1 rings (SSSR count). The van der Waals surface area contributed by atoms with Crippen molar-refractivity contribution in [1.82, 2.24) is 10.6 Å². The summed E-state index contributed by atoms with van der Waals surface area (Å²) in [4.78, 5) is 22.3. The Kier molecular flexibility index (Phi) is 3.78. The van der Waals surface area contributed by atoms with Crippen LogP contribution >= 0.6 is 0 Å². The number of rotatable bonds is 3. The molecule has 2 unspecified atom stereocenters. The number of nitrogens with one attached hydrogen (secondary N) is 2. The number of hydrogen-bond donors (Lipinski definition) is 3. The zero-order chi connectivity index (χ0) is 12.3. The van der Waals surface area contributed by atoms with Gasteiger partial charge in [-0.1, -0.05) is 6.92 Å². The van der Waals surface area contributed by atoms with E-state index in [-0.39, 0.29) is 6.04 Å². The molecule has 1 aliphatic carbocycles. The predicted molar refractivity (Wildman–Crippen MR) is 60.2 cm³/mol. The highest BCUT2D eigenvalue weighted by molar-refractivity contribution is 5.85. The topological polar surface area (TPSA) is 78.4 Å². The minimum atomic E-state index is -1.23. The quantitative estimate of drug-likeness (QED) is 0.682. The Hall–Kier alpha value is -1.26. The van der Waals surface area contributed by atoms with Crippen LogP contribution < -0.4 is 10.6 Å². The van der Waals surface area contributed by atoms with Crippen LogP contribution in [0.15, 0.2) is 0 Å². The van der Waals surface area contributed by atoms with E-state index in [0.717, 1.165) is 19.3 Å². The molecule has 1 aliphatic rings. The number of carboxylic acids is 1. The van der Waals surface area contributed by atoms with Crippen molar-refractivity contribution in [1.29, 1.82) is 0 Å². The molecule has 5 heteroatoms. The average molecular weight is 228 g/mol. The molecule has 0 saturated heterocycles. The first kappa shape index (κ1) is 12.8. The molecule has 0 heterocycles. The van der Waals surface area contributed by atoms with Gasteiger partial charge in [-0.05, 0) is 39.0 Å². The zero-order valence-electron chi connectivity index (χ0n) is 10.0.